The molecule has 0 fully saturated rings. The van der Waals surface area contributed by atoms with Crippen molar-refractivity contribution < 1.29 is 31.9 Å². The molecule has 0 bridgehead atoms. The Labute approximate surface area is 175 Å². The van der Waals surface area contributed by atoms with E-state index in [1.165, 1.54) is 23.8 Å². The van der Waals surface area contributed by atoms with E-state index in [4.69, 9.17) is 9.47 Å². The zero-order valence-electron chi connectivity index (χ0n) is 16.0. The molecule has 0 radical (unpaired) electrons. The summed E-state index contributed by atoms with van der Waals surface area (Å²) in [7, 11) is -2.93. The zero-order chi connectivity index (χ0) is 21.9. The molecule has 0 unspecified atom stereocenters. The molecule has 11 heteroatoms. The monoisotopic (exact) mass is 452 g/mol. The van der Waals surface area contributed by atoms with Gasteiger partial charge in [0.1, 0.15) is 12.4 Å². The summed E-state index contributed by atoms with van der Waals surface area (Å²) in [6.07, 6.45) is 0. The second-order valence-corrected chi connectivity index (χ2v) is 8.58. The van der Waals surface area contributed by atoms with Crippen molar-refractivity contribution in [1.29, 1.82) is 0 Å². The average Bonchev–Trinajstić information content (AvgIpc) is 3.03. The molecule has 0 aliphatic rings. The molecule has 158 valence electrons. The Kier molecular flexibility index (Phi) is 6.32. The molecule has 8 nitrogen and oxygen atoms in total. The summed E-state index contributed by atoms with van der Waals surface area (Å²) in [4.78, 5) is 23.7. The average molecular weight is 452 g/mol. The number of sulfonamides is 1. The summed E-state index contributed by atoms with van der Waals surface area (Å²) >= 11 is 0.978. The van der Waals surface area contributed by atoms with Gasteiger partial charge < -0.3 is 14.0 Å². The van der Waals surface area contributed by atoms with Gasteiger partial charge in [-0.2, -0.15) is 8.42 Å². The van der Waals surface area contributed by atoms with Gasteiger partial charge in [-0.1, -0.05) is 11.3 Å². The Hall–Kier alpha value is -3.05. The molecule has 1 heterocycles. The fourth-order valence-electron chi connectivity index (χ4n) is 2.64. The van der Waals surface area contributed by atoms with Crippen molar-refractivity contribution in [1.82, 2.24) is 4.57 Å². The van der Waals surface area contributed by atoms with E-state index >= 15 is 0 Å². The molecule has 1 aromatic heterocycles. The van der Waals surface area contributed by atoms with Crippen LogP contribution in [0.25, 0.3) is 10.2 Å². The molecular formula is C19H17FN2O6S2. The summed E-state index contributed by atoms with van der Waals surface area (Å²) in [6.45, 7) is 1.54. The lowest BCUT2D eigenvalue weighted by molar-refractivity contribution is -0.143. The number of rotatable bonds is 6. The van der Waals surface area contributed by atoms with Crippen LogP contribution in [-0.2, 0) is 30.8 Å². The van der Waals surface area contributed by atoms with Crippen LogP contribution >= 0.6 is 11.3 Å². The molecule has 0 N–H and O–H groups in total. The van der Waals surface area contributed by atoms with E-state index in [1.807, 2.05) is 0 Å². The number of thiazole rings is 1. The van der Waals surface area contributed by atoms with Gasteiger partial charge in [-0.3, -0.25) is 4.79 Å². The van der Waals surface area contributed by atoms with Gasteiger partial charge in [0.15, 0.2) is 0 Å². The fraction of sp³-hybridized carbons (Fsp3) is 0.211. The van der Waals surface area contributed by atoms with Crippen LogP contribution in [0.2, 0.25) is 0 Å². The summed E-state index contributed by atoms with van der Waals surface area (Å²) in [6, 6.07) is 8.84. The molecule has 3 rings (SSSR count). The highest BCUT2D eigenvalue weighted by Crippen LogP contribution is 2.21. The first kappa shape index (κ1) is 21.7. The van der Waals surface area contributed by atoms with Crippen molar-refractivity contribution in [2.45, 2.75) is 18.4 Å². The highest BCUT2D eigenvalue weighted by atomic mass is 32.2. The van der Waals surface area contributed by atoms with Crippen LogP contribution in [0.5, 0.6) is 0 Å². The Bertz CT molecular complexity index is 1280. The standard InChI is InChI=1S/C19H17FN2O6S2/c1-3-28-17(23)11-22-15-9-4-12(18(24)27-2)10-16(15)29-19(22)21-30(25,26)14-7-5-13(20)6-8-14/h4-10H,3,11H2,1-2H3. The number of methoxy groups -OCH3 is 1. The van der Waals surface area contributed by atoms with Crippen LogP contribution < -0.4 is 4.80 Å². The summed E-state index contributed by atoms with van der Waals surface area (Å²) < 4.78 is 53.9. The minimum Gasteiger partial charge on any atom is -0.465 e. The van der Waals surface area contributed by atoms with Gasteiger partial charge in [-0.05, 0) is 49.4 Å². The highest BCUT2D eigenvalue weighted by molar-refractivity contribution is 7.90. The minimum absolute atomic E-state index is 0.00407. The van der Waals surface area contributed by atoms with Crippen LogP contribution in [0.4, 0.5) is 4.39 Å². The lowest BCUT2D eigenvalue weighted by atomic mass is 10.2. The fourth-order valence-corrected chi connectivity index (χ4v) is 4.91. The molecule has 3 aromatic rings. The second kappa shape index (κ2) is 8.76. The molecule has 0 saturated carbocycles. The molecule has 0 aliphatic carbocycles. The summed E-state index contributed by atoms with van der Waals surface area (Å²) in [5.41, 5.74) is 0.760. The first-order valence-corrected chi connectivity index (χ1v) is 10.9. The maximum absolute atomic E-state index is 13.1. The Morgan fingerprint density at radius 2 is 1.87 bits per heavy atom. The molecular weight excluding hydrogens is 435 g/mol. The van der Waals surface area contributed by atoms with Gasteiger partial charge >= 0.3 is 11.9 Å². The SMILES string of the molecule is CCOC(=O)Cn1c(=NS(=O)(=O)c2ccc(F)cc2)sc2cc(C(=O)OC)ccc21. The van der Waals surface area contributed by atoms with Crippen molar-refractivity contribution >= 4 is 43.5 Å². The number of esters is 2. The van der Waals surface area contributed by atoms with Crippen LogP contribution in [0.15, 0.2) is 51.8 Å². The van der Waals surface area contributed by atoms with E-state index < -0.39 is 27.8 Å². The van der Waals surface area contributed by atoms with Gasteiger partial charge in [-0.15, -0.1) is 4.40 Å². The summed E-state index contributed by atoms with van der Waals surface area (Å²) in [5, 5.41) is 0. The second-order valence-electron chi connectivity index (χ2n) is 5.97. The number of hydrogen-bond acceptors (Lipinski definition) is 7. The van der Waals surface area contributed by atoms with E-state index in [-0.39, 0.29) is 28.4 Å². The summed E-state index contributed by atoms with van der Waals surface area (Å²) in [5.74, 6) is -1.71. The van der Waals surface area contributed by atoms with Crippen LogP contribution in [0, 0.1) is 5.82 Å². The maximum Gasteiger partial charge on any atom is 0.337 e. The predicted octanol–water partition coefficient (Wildman–Crippen LogP) is 2.48. The maximum atomic E-state index is 13.1. The van der Waals surface area contributed by atoms with Crippen molar-refractivity contribution in [3.63, 3.8) is 0 Å². The van der Waals surface area contributed by atoms with Crippen molar-refractivity contribution in [3.8, 4) is 0 Å². The predicted molar refractivity (Wildman–Crippen MR) is 107 cm³/mol. The smallest absolute Gasteiger partial charge is 0.337 e. The van der Waals surface area contributed by atoms with Crippen molar-refractivity contribution in [3.05, 3.63) is 58.6 Å². The van der Waals surface area contributed by atoms with Gasteiger partial charge in [0, 0.05) is 0 Å². The minimum atomic E-state index is -4.18. The van der Waals surface area contributed by atoms with E-state index in [0.717, 1.165) is 35.6 Å². The third-order valence-corrected chi connectivity index (χ3v) is 6.44. The lowest BCUT2D eigenvalue weighted by Crippen LogP contribution is -2.23. The highest BCUT2D eigenvalue weighted by Gasteiger charge is 2.18. The molecule has 0 spiro atoms. The van der Waals surface area contributed by atoms with Crippen molar-refractivity contribution in [2.24, 2.45) is 4.40 Å². The number of aromatic nitrogens is 1. The van der Waals surface area contributed by atoms with E-state index in [9.17, 15) is 22.4 Å². The Morgan fingerprint density at radius 1 is 1.17 bits per heavy atom. The van der Waals surface area contributed by atoms with Gasteiger partial charge in [-0.25, -0.2) is 9.18 Å². The van der Waals surface area contributed by atoms with Gasteiger partial charge in [0.05, 0.1) is 34.4 Å². The largest absolute Gasteiger partial charge is 0.465 e. The van der Waals surface area contributed by atoms with Crippen LogP contribution in [-0.4, -0.2) is 38.6 Å². The lowest BCUT2D eigenvalue weighted by Gasteiger charge is -2.06. The molecule has 2 aromatic carbocycles. The Morgan fingerprint density at radius 3 is 2.50 bits per heavy atom. The topological polar surface area (TPSA) is 104 Å². The number of benzene rings is 2. The first-order valence-electron chi connectivity index (χ1n) is 8.69. The first-order chi connectivity index (χ1) is 14.2. The molecule has 0 atom stereocenters. The number of carbonyl (C=O) groups is 2. The Balaban J connectivity index is 2.20. The third kappa shape index (κ3) is 4.57. The van der Waals surface area contributed by atoms with Crippen molar-refractivity contribution in [2.75, 3.05) is 13.7 Å². The normalized spacial score (nSPS) is 12.2. The number of nitrogens with zero attached hydrogens (tertiary/aromatic N) is 2. The molecule has 0 saturated heterocycles. The van der Waals surface area contributed by atoms with E-state index in [2.05, 4.69) is 4.40 Å². The number of hydrogen-bond donors (Lipinski definition) is 0. The number of fused-ring (bicyclic) bond motifs is 1. The van der Waals surface area contributed by atoms with Gasteiger partial charge in [0.25, 0.3) is 10.0 Å². The molecule has 30 heavy (non-hydrogen) atoms. The van der Waals surface area contributed by atoms with Gasteiger partial charge in [0.2, 0.25) is 4.80 Å². The third-order valence-electron chi connectivity index (χ3n) is 4.01. The zero-order valence-corrected chi connectivity index (χ0v) is 17.6. The van der Waals surface area contributed by atoms with Crippen LogP contribution in [0.3, 0.4) is 0 Å². The number of carbonyl (C=O) groups excluding carboxylic acids is 2. The van der Waals surface area contributed by atoms with E-state index in [0.29, 0.717) is 10.2 Å². The van der Waals surface area contributed by atoms with Crippen LogP contribution in [0.1, 0.15) is 17.3 Å². The van der Waals surface area contributed by atoms with E-state index in [1.54, 1.807) is 13.0 Å². The molecule has 0 amide bonds. The number of ether oxygens (including phenoxy) is 2. The molecule has 0 aliphatic heterocycles. The quantitative estimate of drug-likeness (QED) is 0.532. The number of halogens is 1.